The first-order valence-corrected chi connectivity index (χ1v) is 6.52. The molecule has 1 aromatic rings. The summed E-state index contributed by atoms with van der Waals surface area (Å²) < 4.78 is 1.79. The number of hydrogen-bond donors (Lipinski definition) is 2. The number of rotatable bonds is 5. The number of aromatic nitrogens is 2. The normalized spacial score (nSPS) is 13.2. The number of amides is 2. The Hall–Kier alpha value is -1.56. The van der Waals surface area contributed by atoms with Crippen molar-refractivity contribution in [2.45, 2.75) is 45.8 Å². The van der Waals surface area contributed by atoms with Gasteiger partial charge in [0, 0.05) is 13.1 Å². The summed E-state index contributed by atoms with van der Waals surface area (Å²) in [5, 5.41) is 16.7. The van der Waals surface area contributed by atoms with Crippen LogP contribution in [0.2, 0.25) is 0 Å². The van der Waals surface area contributed by atoms with Gasteiger partial charge in [-0.25, -0.2) is 9.48 Å². The highest BCUT2D eigenvalue weighted by molar-refractivity contribution is 5.88. The Labute approximate surface area is 114 Å². The van der Waals surface area contributed by atoms with Crippen LogP contribution >= 0.6 is 0 Å². The molecule has 6 heteroatoms. The Morgan fingerprint density at radius 1 is 1.63 bits per heavy atom. The minimum atomic E-state index is -0.914. The van der Waals surface area contributed by atoms with Crippen LogP contribution in [0.4, 0.5) is 10.6 Å². The minimum absolute atomic E-state index is 0.227. The van der Waals surface area contributed by atoms with E-state index < -0.39 is 5.60 Å². The van der Waals surface area contributed by atoms with Crippen LogP contribution in [0.3, 0.4) is 0 Å². The molecule has 2 N–H and O–H groups in total. The predicted octanol–water partition coefficient (Wildman–Crippen LogP) is 2.09. The van der Waals surface area contributed by atoms with E-state index in [1.54, 1.807) is 37.8 Å². The molecule has 1 rings (SSSR count). The van der Waals surface area contributed by atoms with Crippen molar-refractivity contribution >= 4 is 11.8 Å². The molecule has 0 aliphatic carbocycles. The van der Waals surface area contributed by atoms with Crippen molar-refractivity contribution < 1.29 is 9.90 Å². The van der Waals surface area contributed by atoms with E-state index in [0.29, 0.717) is 5.82 Å². The molecule has 0 saturated carbocycles. The molecule has 19 heavy (non-hydrogen) atoms. The molecule has 0 fully saturated rings. The Morgan fingerprint density at radius 2 is 2.26 bits per heavy atom. The van der Waals surface area contributed by atoms with Crippen molar-refractivity contribution in [1.29, 1.82) is 0 Å². The molecular formula is C13H24N4O2. The number of likely N-dealkylation sites (N-methyl/N-ethyl adjacent to an activating group) is 1. The molecule has 2 amide bonds. The third kappa shape index (κ3) is 4.55. The lowest BCUT2D eigenvalue weighted by Gasteiger charge is -2.26. The Bertz CT molecular complexity index is 423. The zero-order valence-electron chi connectivity index (χ0n) is 12.3. The molecule has 0 bridgehead atoms. The molecule has 0 saturated heterocycles. The van der Waals surface area contributed by atoms with E-state index in [0.717, 1.165) is 6.42 Å². The average molecular weight is 268 g/mol. The number of nitrogens with one attached hydrogen (secondary N) is 1. The standard InChI is InChI=1S/C13H24N4O2/c1-6-10(2)17-11(7-8-14-17)15-12(18)16(5)9-13(3,4)19/h7-8,10,19H,6,9H2,1-5H3,(H,15,18). The fraction of sp³-hybridized carbons (Fsp3) is 0.692. The van der Waals surface area contributed by atoms with Gasteiger partial charge >= 0.3 is 6.03 Å². The summed E-state index contributed by atoms with van der Waals surface area (Å²) >= 11 is 0. The summed E-state index contributed by atoms with van der Waals surface area (Å²) in [6.45, 7) is 7.71. The SMILES string of the molecule is CCC(C)n1nccc1NC(=O)N(C)CC(C)(C)O. The van der Waals surface area contributed by atoms with Gasteiger partial charge in [0.2, 0.25) is 0 Å². The van der Waals surface area contributed by atoms with E-state index in [1.165, 1.54) is 4.90 Å². The Kier molecular flexibility index (Phi) is 4.94. The second-order valence-electron chi connectivity index (χ2n) is 5.52. The van der Waals surface area contributed by atoms with Crippen molar-refractivity contribution in [1.82, 2.24) is 14.7 Å². The Balaban J connectivity index is 2.70. The summed E-state index contributed by atoms with van der Waals surface area (Å²) in [5.74, 6) is 0.668. The largest absolute Gasteiger partial charge is 0.389 e. The molecule has 0 spiro atoms. The monoisotopic (exact) mass is 268 g/mol. The van der Waals surface area contributed by atoms with E-state index in [1.807, 2.05) is 6.92 Å². The lowest BCUT2D eigenvalue weighted by molar-refractivity contribution is 0.0550. The first kappa shape index (κ1) is 15.5. The van der Waals surface area contributed by atoms with Crippen molar-refractivity contribution in [2.75, 3.05) is 18.9 Å². The second kappa shape index (κ2) is 6.06. The van der Waals surface area contributed by atoms with Crippen LogP contribution in [0.15, 0.2) is 12.3 Å². The smallest absolute Gasteiger partial charge is 0.322 e. The number of urea groups is 1. The fourth-order valence-corrected chi connectivity index (χ4v) is 1.79. The molecule has 1 heterocycles. The average Bonchev–Trinajstić information content (AvgIpc) is 2.73. The second-order valence-corrected chi connectivity index (χ2v) is 5.52. The molecule has 1 unspecified atom stereocenters. The van der Waals surface area contributed by atoms with Crippen LogP contribution in [0, 0.1) is 0 Å². The number of carbonyl (C=O) groups is 1. The summed E-state index contributed by atoms with van der Waals surface area (Å²) in [7, 11) is 1.65. The van der Waals surface area contributed by atoms with Gasteiger partial charge in [-0.2, -0.15) is 5.10 Å². The van der Waals surface area contributed by atoms with Crippen molar-refractivity contribution in [3.05, 3.63) is 12.3 Å². The third-order valence-corrected chi connectivity index (χ3v) is 2.88. The van der Waals surface area contributed by atoms with Crippen molar-refractivity contribution in [2.24, 2.45) is 0 Å². The highest BCUT2D eigenvalue weighted by Gasteiger charge is 2.20. The topological polar surface area (TPSA) is 70.4 Å². The van der Waals surface area contributed by atoms with Gasteiger partial charge in [0.15, 0.2) is 0 Å². The van der Waals surface area contributed by atoms with Crippen LogP contribution in [0.25, 0.3) is 0 Å². The van der Waals surface area contributed by atoms with E-state index in [9.17, 15) is 9.90 Å². The van der Waals surface area contributed by atoms with Gasteiger partial charge in [-0.15, -0.1) is 0 Å². The molecule has 0 aliphatic rings. The van der Waals surface area contributed by atoms with Crippen LogP contribution in [0.1, 0.15) is 40.2 Å². The lowest BCUT2D eigenvalue weighted by atomic mass is 10.1. The molecule has 0 aliphatic heterocycles. The van der Waals surface area contributed by atoms with Gasteiger partial charge in [0.25, 0.3) is 0 Å². The summed E-state index contributed by atoms with van der Waals surface area (Å²) in [6.07, 6.45) is 2.60. The lowest BCUT2D eigenvalue weighted by Crippen LogP contribution is -2.42. The summed E-state index contributed by atoms with van der Waals surface area (Å²) in [5.41, 5.74) is -0.914. The van der Waals surface area contributed by atoms with Crippen LogP contribution in [-0.4, -0.2) is 45.0 Å². The first-order valence-electron chi connectivity index (χ1n) is 6.52. The molecule has 0 radical (unpaired) electrons. The third-order valence-electron chi connectivity index (χ3n) is 2.88. The highest BCUT2D eigenvalue weighted by atomic mass is 16.3. The van der Waals surface area contributed by atoms with Gasteiger partial charge in [-0.1, -0.05) is 6.92 Å². The zero-order valence-corrected chi connectivity index (χ0v) is 12.3. The Morgan fingerprint density at radius 3 is 2.79 bits per heavy atom. The zero-order chi connectivity index (χ0) is 14.6. The highest BCUT2D eigenvalue weighted by Crippen LogP contribution is 2.16. The van der Waals surface area contributed by atoms with E-state index in [4.69, 9.17) is 0 Å². The van der Waals surface area contributed by atoms with E-state index >= 15 is 0 Å². The quantitative estimate of drug-likeness (QED) is 0.859. The molecule has 6 nitrogen and oxygen atoms in total. The van der Waals surface area contributed by atoms with E-state index in [2.05, 4.69) is 17.3 Å². The van der Waals surface area contributed by atoms with Gasteiger partial charge in [-0.3, -0.25) is 5.32 Å². The summed E-state index contributed by atoms with van der Waals surface area (Å²) in [4.78, 5) is 13.5. The number of hydrogen-bond acceptors (Lipinski definition) is 3. The van der Waals surface area contributed by atoms with Gasteiger partial charge < -0.3 is 10.0 Å². The molecule has 108 valence electrons. The van der Waals surface area contributed by atoms with Crippen LogP contribution in [0.5, 0.6) is 0 Å². The number of nitrogens with zero attached hydrogens (tertiary/aromatic N) is 3. The number of anilines is 1. The van der Waals surface area contributed by atoms with Crippen molar-refractivity contribution in [3.8, 4) is 0 Å². The fourth-order valence-electron chi connectivity index (χ4n) is 1.79. The minimum Gasteiger partial charge on any atom is -0.389 e. The van der Waals surface area contributed by atoms with E-state index in [-0.39, 0.29) is 18.6 Å². The van der Waals surface area contributed by atoms with Crippen LogP contribution in [-0.2, 0) is 0 Å². The summed E-state index contributed by atoms with van der Waals surface area (Å²) in [6, 6.07) is 1.74. The van der Waals surface area contributed by atoms with Crippen molar-refractivity contribution in [3.63, 3.8) is 0 Å². The molecule has 0 aromatic carbocycles. The number of carbonyl (C=O) groups excluding carboxylic acids is 1. The molecular weight excluding hydrogens is 244 g/mol. The number of aliphatic hydroxyl groups is 1. The predicted molar refractivity (Wildman–Crippen MR) is 75.2 cm³/mol. The first-order chi connectivity index (χ1) is 8.74. The van der Waals surface area contributed by atoms with Gasteiger partial charge in [-0.05, 0) is 27.2 Å². The van der Waals surface area contributed by atoms with Crippen LogP contribution < -0.4 is 5.32 Å². The molecule has 1 aromatic heterocycles. The van der Waals surface area contributed by atoms with Gasteiger partial charge in [0.1, 0.15) is 5.82 Å². The maximum Gasteiger partial charge on any atom is 0.322 e. The van der Waals surface area contributed by atoms with Gasteiger partial charge in [0.05, 0.1) is 24.4 Å². The maximum absolute atomic E-state index is 12.0. The molecule has 1 atom stereocenters. The maximum atomic E-state index is 12.0.